The van der Waals surface area contributed by atoms with Gasteiger partial charge in [0.25, 0.3) is 5.91 Å². The van der Waals surface area contributed by atoms with E-state index in [4.69, 9.17) is 14.2 Å². The molecule has 2 aromatic carbocycles. The lowest BCUT2D eigenvalue weighted by molar-refractivity contribution is -0.123. The molecule has 0 saturated carbocycles. The van der Waals surface area contributed by atoms with Gasteiger partial charge in [-0.1, -0.05) is 52.0 Å². The Hall–Kier alpha value is -3.22. The standard InChI is InChI=1S/C27H38N2O5/c1-9-17(4)19-10-12-20(13-11-19)24(16(2)3)29-26(30)18(5)28-27(31)21-14-22(32-6)25(34-8)23(15-21)33-7/h10-18,24H,9H2,1-8H3,(H,28,31)(H,29,30). The van der Waals surface area contributed by atoms with Gasteiger partial charge in [0.15, 0.2) is 11.5 Å². The molecule has 0 aliphatic carbocycles. The van der Waals surface area contributed by atoms with Crippen LogP contribution < -0.4 is 24.8 Å². The highest BCUT2D eigenvalue weighted by Gasteiger charge is 2.24. The van der Waals surface area contributed by atoms with Crippen molar-refractivity contribution in [2.75, 3.05) is 21.3 Å². The number of methoxy groups -OCH3 is 3. The summed E-state index contributed by atoms with van der Waals surface area (Å²) in [7, 11) is 4.46. The Kier molecular flexibility index (Phi) is 9.78. The average Bonchev–Trinajstić information content (AvgIpc) is 2.85. The van der Waals surface area contributed by atoms with Gasteiger partial charge in [-0.05, 0) is 48.4 Å². The van der Waals surface area contributed by atoms with Gasteiger partial charge in [0.05, 0.1) is 27.4 Å². The second kappa shape index (κ2) is 12.3. The maximum atomic E-state index is 13.0. The predicted octanol–water partition coefficient (Wildman–Crippen LogP) is 4.86. The Morgan fingerprint density at radius 3 is 1.79 bits per heavy atom. The number of amides is 2. The van der Waals surface area contributed by atoms with Gasteiger partial charge in [0, 0.05) is 5.56 Å². The normalized spacial score (nSPS) is 13.6. The molecule has 0 bridgehead atoms. The third kappa shape index (κ3) is 6.43. The molecule has 2 amide bonds. The van der Waals surface area contributed by atoms with Crippen molar-refractivity contribution in [2.45, 2.75) is 59.0 Å². The molecule has 3 atom stereocenters. The highest BCUT2D eigenvalue weighted by atomic mass is 16.5. The first-order valence-electron chi connectivity index (χ1n) is 11.7. The summed E-state index contributed by atoms with van der Waals surface area (Å²) >= 11 is 0. The summed E-state index contributed by atoms with van der Waals surface area (Å²) in [6.07, 6.45) is 1.08. The van der Waals surface area contributed by atoms with Gasteiger partial charge >= 0.3 is 0 Å². The maximum Gasteiger partial charge on any atom is 0.252 e. The summed E-state index contributed by atoms with van der Waals surface area (Å²) in [5.41, 5.74) is 2.62. The van der Waals surface area contributed by atoms with Gasteiger partial charge in [0.2, 0.25) is 11.7 Å². The zero-order chi connectivity index (χ0) is 25.4. The minimum absolute atomic E-state index is 0.168. The molecule has 186 valence electrons. The van der Waals surface area contributed by atoms with Gasteiger partial charge in [-0.3, -0.25) is 9.59 Å². The van der Waals surface area contributed by atoms with Crippen molar-refractivity contribution in [3.05, 3.63) is 53.1 Å². The van der Waals surface area contributed by atoms with Crippen LogP contribution in [0.5, 0.6) is 17.2 Å². The van der Waals surface area contributed by atoms with Crippen LogP contribution >= 0.6 is 0 Å². The molecule has 2 aromatic rings. The molecular formula is C27H38N2O5. The van der Waals surface area contributed by atoms with E-state index in [-0.39, 0.29) is 17.9 Å². The lowest BCUT2D eigenvalue weighted by atomic mass is 9.92. The summed E-state index contributed by atoms with van der Waals surface area (Å²) < 4.78 is 15.9. The summed E-state index contributed by atoms with van der Waals surface area (Å²) in [5, 5.41) is 5.85. The van der Waals surface area contributed by atoms with Crippen LogP contribution in [0.4, 0.5) is 0 Å². The molecule has 3 unspecified atom stereocenters. The third-order valence-electron chi connectivity index (χ3n) is 6.11. The molecule has 2 rings (SSSR count). The highest BCUT2D eigenvalue weighted by Crippen LogP contribution is 2.38. The minimum Gasteiger partial charge on any atom is -0.493 e. The summed E-state index contributed by atoms with van der Waals surface area (Å²) in [5.74, 6) is 1.12. The van der Waals surface area contributed by atoms with E-state index in [9.17, 15) is 9.59 Å². The largest absolute Gasteiger partial charge is 0.493 e. The van der Waals surface area contributed by atoms with Gasteiger partial charge < -0.3 is 24.8 Å². The fourth-order valence-electron chi connectivity index (χ4n) is 3.74. The van der Waals surface area contributed by atoms with Crippen LogP contribution in [0.15, 0.2) is 36.4 Å². The van der Waals surface area contributed by atoms with Crippen molar-refractivity contribution >= 4 is 11.8 Å². The topological polar surface area (TPSA) is 85.9 Å². The van der Waals surface area contributed by atoms with Crippen molar-refractivity contribution in [3.8, 4) is 17.2 Å². The van der Waals surface area contributed by atoms with Crippen LogP contribution in [0.3, 0.4) is 0 Å². The fraction of sp³-hybridized carbons (Fsp3) is 0.481. The van der Waals surface area contributed by atoms with E-state index in [0.717, 1.165) is 12.0 Å². The van der Waals surface area contributed by atoms with E-state index < -0.39 is 11.9 Å². The molecule has 0 saturated heterocycles. The second-order valence-corrected chi connectivity index (χ2v) is 8.82. The fourth-order valence-corrected chi connectivity index (χ4v) is 3.74. The molecule has 0 fully saturated rings. The molecule has 0 aromatic heterocycles. The molecule has 0 spiro atoms. The van der Waals surface area contributed by atoms with Gasteiger partial charge in [-0.2, -0.15) is 0 Å². The van der Waals surface area contributed by atoms with E-state index in [0.29, 0.717) is 28.7 Å². The van der Waals surface area contributed by atoms with E-state index in [1.807, 2.05) is 0 Å². The Morgan fingerprint density at radius 2 is 1.35 bits per heavy atom. The monoisotopic (exact) mass is 470 g/mol. The first kappa shape index (κ1) is 27.0. The Morgan fingerprint density at radius 1 is 0.824 bits per heavy atom. The highest BCUT2D eigenvalue weighted by molar-refractivity contribution is 5.98. The predicted molar refractivity (Wildman–Crippen MR) is 134 cm³/mol. The smallest absolute Gasteiger partial charge is 0.252 e. The molecule has 0 aliphatic rings. The quantitative estimate of drug-likeness (QED) is 0.490. The lowest BCUT2D eigenvalue weighted by Crippen LogP contribution is -2.46. The summed E-state index contributed by atoms with van der Waals surface area (Å²) in [4.78, 5) is 25.8. The summed E-state index contributed by atoms with van der Waals surface area (Å²) in [6.45, 7) is 10.2. The zero-order valence-electron chi connectivity index (χ0n) is 21.5. The number of hydrogen-bond donors (Lipinski definition) is 2. The molecule has 7 heteroatoms. The van der Waals surface area contributed by atoms with Crippen molar-refractivity contribution in [1.29, 1.82) is 0 Å². The van der Waals surface area contributed by atoms with Crippen LogP contribution in [0.1, 0.15) is 74.5 Å². The number of benzene rings is 2. The molecular weight excluding hydrogens is 432 g/mol. The zero-order valence-corrected chi connectivity index (χ0v) is 21.5. The van der Waals surface area contributed by atoms with Crippen molar-refractivity contribution in [3.63, 3.8) is 0 Å². The molecule has 2 N–H and O–H groups in total. The molecule has 7 nitrogen and oxygen atoms in total. The van der Waals surface area contributed by atoms with Crippen LogP contribution in [0.2, 0.25) is 0 Å². The first-order valence-corrected chi connectivity index (χ1v) is 11.7. The number of carbonyl (C=O) groups is 2. The van der Waals surface area contributed by atoms with Crippen LogP contribution in [0.25, 0.3) is 0 Å². The Labute approximate surface area is 203 Å². The number of carbonyl (C=O) groups excluding carboxylic acids is 2. The lowest BCUT2D eigenvalue weighted by Gasteiger charge is -2.25. The SMILES string of the molecule is CCC(C)c1ccc(C(NC(=O)C(C)NC(=O)c2cc(OC)c(OC)c(OC)c2)C(C)C)cc1. The first-order chi connectivity index (χ1) is 16.2. The van der Waals surface area contributed by atoms with Crippen LogP contribution in [-0.4, -0.2) is 39.2 Å². The molecule has 0 heterocycles. The van der Waals surface area contributed by atoms with Gasteiger partial charge in [-0.15, -0.1) is 0 Å². The third-order valence-corrected chi connectivity index (χ3v) is 6.11. The van der Waals surface area contributed by atoms with E-state index in [1.54, 1.807) is 19.1 Å². The van der Waals surface area contributed by atoms with Gasteiger partial charge in [-0.25, -0.2) is 0 Å². The number of nitrogens with one attached hydrogen (secondary N) is 2. The Balaban J connectivity index is 2.14. The van der Waals surface area contributed by atoms with E-state index in [2.05, 4.69) is 62.6 Å². The Bertz CT molecular complexity index is 946. The number of hydrogen-bond acceptors (Lipinski definition) is 5. The average molecular weight is 471 g/mol. The number of rotatable bonds is 11. The van der Waals surface area contributed by atoms with E-state index >= 15 is 0 Å². The maximum absolute atomic E-state index is 13.0. The minimum atomic E-state index is -0.743. The van der Waals surface area contributed by atoms with Crippen LogP contribution in [0, 0.1) is 5.92 Å². The molecule has 34 heavy (non-hydrogen) atoms. The van der Waals surface area contributed by atoms with Crippen LogP contribution in [-0.2, 0) is 4.79 Å². The second-order valence-electron chi connectivity index (χ2n) is 8.82. The molecule has 0 radical (unpaired) electrons. The summed E-state index contributed by atoms with van der Waals surface area (Å²) in [6, 6.07) is 10.6. The number of ether oxygens (including phenoxy) is 3. The van der Waals surface area contributed by atoms with E-state index in [1.165, 1.54) is 26.9 Å². The molecule has 0 aliphatic heterocycles. The van der Waals surface area contributed by atoms with Gasteiger partial charge in [0.1, 0.15) is 6.04 Å². The van der Waals surface area contributed by atoms with Crippen molar-refractivity contribution in [1.82, 2.24) is 10.6 Å². The van der Waals surface area contributed by atoms with Crippen molar-refractivity contribution in [2.24, 2.45) is 5.92 Å². The van der Waals surface area contributed by atoms with Crippen molar-refractivity contribution < 1.29 is 23.8 Å².